The van der Waals surface area contributed by atoms with Crippen LogP contribution in [-0.4, -0.2) is 73.1 Å². The maximum absolute atomic E-state index is 13.9. The van der Waals surface area contributed by atoms with Gasteiger partial charge < -0.3 is 14.7 Å². The summed E-state index contributed by atoms with van der Waals surface area (Å²) in [6, 6.07) is 9.46. The molecule has 0 bridgehead atoms. The van der Waals surface area contributed by atoms with Gasteiger partial charge >= 0.3 is 0 Å². The number of rotatable bonds is 8. The lowest BCUT2D eigenvalue weighted by Gasteiger charge is -2.47. The summed E-state index contributed by atoms with van der Waals surface area (Å²) in [5, 5.41) is 0. The number of likely N-dealkylation sites (tertiary alicyclic amines) is 1. The summed E-state index contributed by atoms with van der Waals surface area (Å²) in [6.07, 6.45) is 6.33. The summed E-state index contributed by atoms with van der Waals surface area (Å²) in [4.78, 5) is 44.3. The number of hydrogen-bond acceptors (Lipinski definition) is 5. The van der Waals surface area contributed by atoms with Gasteiger partial charge in [0.1, 0.15) is 0 Å². The summed E-state index contributed by atoms with van der Waals surface area (Å²) in [7, 11) is 0. The van der Waals surface area contributed by atoms with Crippen molar-refractivity contribution in [2.45, 2.75) is 52.4 Å². The Morgan fingerprint density at radius 3 is 2.17 bits per heavy atom. The molecule has 0 unspecified atom stereocenters. The van der Waals surface area contributed by atoms with Crippen molar-refractivity contribution >= 4 is 23.2 Å². The van der Waals surface area contributed by atoms with E-state index in [1.807, 2.05) is 21.9 Å². The van der Waals surface area contributed by atoms with Crippen LogP contribution in [0.3, 0.4) is 0 Å². The molecule has 1 aliphatic carbocycles. The third-order valence-electron chi connectivity index (χ3n) is 9.35. The van der Waals surface area contributed by atoms with Crippen molar-refractivity contribution in [2.24, 2.45) is 17.8 Å². The Morgan fingerprint density at radius 1 is 0.829 bits per heavy atom. The zero-order valence-electron chi connectivity index (χ0n) is 24.2. The van der Waals surface area contributed by atoms with Crippen LogP contribution in [0.2, 0.25) is 0 Å². The van der Waals surface area contributed by atoms with Crippen molar-refractivity contribution in [1.29, 1.82) is 0 Å². The van der Waals surface area contributed by atoms with Crippen LogP contribution in [-0.2, 0) is 11.2 Å². The molecule has 2 aromatic rings. The first kappa shape index (κ1) is 29.4. The van der Waals surface area contributed by atoms with E-state index in [0.717, 1.165) is 56.9 Å². The van der Waals surface area contributed by atoms with Gasteiger partial charge in [-0.1, -0.05) is 12.8 Å². The van der Waals surface area contributed by atoms with E-state index in [0.29, 0.717) is 54.8 Å². The molecule has 0 aromatic heterocycles. The number of nitrogens with zero attached hydrogens (tertiary/aromatic N) is 3. The van der Waals surface area contributed by atoms with E-state index in [-0.39, 0.29) is 23.4 Å². The number of anilines is 1. The van der Waals surface area contributed by atoms with Gasteiger partial charge in [0, 0.05) is 62.1 Å². The van der Waals surface area contributed by atoms with E-state index in [1.165, 1.54) is 32.8 Å². The fraction of sp³-hybridized carbons (Fsp3) is 0.545. The molecule has 3 fully saturated rings. The summed E-state index contributed by atoms with van der Waals surface area (Å²) in [5.41, 5.74) is 2.80. The Hall–Kier alpha value is -3.13. The number of benzene rings is 2. The van der Waals surface area contributed by atoms with Crippen LogP contribution in [0.25, 0.3) is 0 Å². The van der Waals surface area contributed by atoms with E-state index in [1.54, 1.807) is 12.1 Å². The molecule has 2 saturated heterocycles. The molecule has 220 valence electrons. The van der Waals surface area contributed by atoms with Gasteiger partial charge in [0.25, 0.3) is 0 Å². The standard InChI is InChI=1S/C33H41F2N3O3/c1-22(39)26-16-24(17-27(18-26)23(2)40)6-5-11-36-20-25-7-3-4-8-29(25)30(21-36)33(41)38-14-12-37(13-15-38)28-9-10-31(34)32(35)19-28/h9-10,16-19,25,29-30H,3-8,11-15,20-21H2,1-2H3/t25-,29+,30-/m1/s1. The lowest BCUT2D eigenvalue weighted by Crippen LogP contribution is -2.56. The second-order valence-corrected chi connectivity index (χ2v) is 12.1. The molecular weight excluding hydrogens is 524 g/mol. The summed E-state index contributed by atoms with van der Waals surface area (Å²) >= 11 is 0. The van der Waals surface area contributed by atoms with Crippen LogP contribution in [0, 0.1) is 29.4 Å². The number of amides is 1. The van der Waals surface area contributed by atoms with Gasteiger partial charge in [0.2, 0.25) is 5.91 Å². The lowest BCUT2D eigenvalue weighted by atomic mass is 9.69. The molecule has 8 heteroatoms. The number of carbonyl (C=O) groups is 3. The zero-order valence-corrected chi connectivity index (χ0v) is 24.2. The maximum atomic E-state index is 13.9. The molecule has 2 aromatic carbocycles. The Balaban J connectivity index is 1.21. The highest BCUT2D eigenvalue weighted by molar-refractivity contribution is 5.99. The van der Waals surface area contributed by atoms with Gasteiger partial charge in [0.15, 0.2) is 23.2 Å². The highest BCUT2D eigenvalue weighted by atomic mass is 19.2. The number of Topliss-reactive ketones (excluding diaryl/α,β-unsaturated/α-hetero) is 2. The van der Waals surface area contributed by atoms with Gasteiger partial charge in [-0.15, -0.1) is 0 Å². The molecule has 0 N–H and O–H groups in total. The van der Waals surface area contributed by atoms with Crippen LogP contribution in [0.5, 0.6) is 0 Å². The number of aryl methyl sites for hydroxylation is 1. The minimum Gasteiger partial charge on any atom is -0.368 e. The Bertz CT molecular complexity index is 1260. The highest BCUT2D eigenvalue weighted by Gasteiger charge is 2.43. The van der Waals surface area contributed by atoms with Crippen LogP contribution >= 0.6 is 0 Å². The maximum Gasteiger partial charge on any atom is 0.227 e. The van der Waals surface area contributed by atoms with E-state index in [2.05, 4.69) is 4.90 Å². The number of piperidine rings is 1. The molecule has 0 spiro atoms. The van der Waals surface area contributed by atoms with Crippen LogP contribution in [0.1, 0.15) is 72.2 Å². The van der Waals surface area contributed by atoms with Crippen molar-refractivity contribution in [3.05, 3.63) is 64.7 Å². The zero-order chi connectivity index (χ0) is 29.1. The summed E-state index contributed by atoms with van der Waals surface area (Å²) in [6.45, 7) is 8.06. The number of piperazine rings is 1. The second kappa shape index (κ2) is 12.8. The fourth-order valence-corrected chi connectivity index (χ4v) is 7.11. The fourth-order valence-electron chi connectivity index (χ4n) is 7.11. The van der Waals surface area contributed by atoms with E-state index >= 15 is 0 Å². The predicted molar refractivity (Wildman–Crippen MR) is 155 cm³/mol. The quantitative estimate of drug-likeness (QED) is 0.402. The molecule has 3 aliphatic rings. The third-order valence-corrected chi connectivity index (χ3v) is 9.35. The molecule has 1 saturated carbocycles. The third kappa shape index (κ3) is 6.85. The first-order valence-electron chi connectivity index (χ1n) is 15.1. The average molecular weight is 566 g/mol. The molecule has 3 atom stereocenters. The smallest absolute Gasteiger partial charge is 0.227 e. The Labute approximate surface area is 241 Å². The molecule has 5 rings (SSSR count). The number of fused-ring (bicyclic) bond motifs is 1. The average Bonchev–Trinajstić information content (AvgIpc) is 2.97. The van der Waals surface area contributed by atoms with Gasteiger partial charge in [-0.3, -0.25) is 14.4 Å². The van der Waals surface area contributed by atoms with Gasteiger partial charge in [0.05, 0.1) is 5.92 Å². The minimum atomic E-state index is -0.850. The first-order valence-corrected chi connectivity index (χ1v) is 15.1. The number of hydrogen-bond donors (Lipinski definition) is 0. The van der Waals surface area contributed by atoms with E-state index < -0.39 is 11.6 Å². The van der Waals surface area contributed by atoms with Crippen molar-refractivity contribution in [3.8, 4) is 0 Å². The predicted octanol–water partition coefficient (Wildman–Crippen LogP) is 5.39. The van der Waals surface area contributed by atoms with E-state index in [4.69, 9.17) is 0 Å². The van der Waals surface area contributed by atoms with Gasteiger partial charge in [-0.25, -0.2) is 8.78 Å². The molecule has 2 heterocycles. The highest BCUT2D eigenvalue weighted by Crippen LogP contribution is 2.40. The van der Waals surface area contributed by atoms with Crippen LogP contribution < -0.4 is 4.90 Å². The monoisotopic (exact) mass is 565 g/mol. The second-order valence-electron chi connectivity index (χ2n) is 12.1. The minimum absolute atomic E-state index is 0.0192. The van der Waals surface area contributed by atoms with Crippen molar-refractivity contribution in [3.63, 3.8) is 0 Å². The van der Waals surface area contributed by atoms with Crippen molar-refractivity contribution in [2.75, 3.05) is 50.7 Å². The molecule has 0 radical (unpaired) electrons. The number of ketones is 2. The first-order chi connectivity index (χ1) is 19.7. The molecule has 2 aliphatic heterocycles. The molecule has 1 amide bonds. The van der Waals surface area contributed by atoms with Crippen molar-refractivity contribution in [1.82, 2.24) is 9.80 Å². The Kier molecular flexibility index (Phi) is 9.17. The SMILES string of the molecule is CC(=O)c1cc(CCCN2C[C@H]3CCCC[C@@H]3[C@H](C(=O)N3CCN(c4ccc(F)c(F)c4)CC3)C2)cc(C(C)=O)c1. The van der Waals surface area contributed by atoms with Crippen molar-refractivity contribution < 1.29 is 23.2 Å². The Morgan fingerprint density at radius 2 is 1.51 bits per heavy atom. The largest absolute Gasteiger partial charge is 0.368 e. The molecule has 41 heavy (non-hydrogen) atoms. The van der Waals surface area contributed by atoms with Crippen LogP contribution in [0.4, 0.5) is 14.5 Å². The summed E-state index contributed by atoms with van der Waals surface area (Å²) in [5.74, 6) is -0.621. The lowest BCUT2D eigenvalue weighted by molar-refractivity contribution is -0.142. The topological polar surface area (TPSA) is 60.9 Å². The van der Waals surface area contributed by atoms with E-state index in [9.17, 15) is 23.2 Å². The van der Waals surface area contributed by atoms with Gasteiger partial charge in [-0.2, -0.15) is 0 Å². The van der Waals surface area contributed by atoms with Gasteiger partial charge in [-0.05, 0) is 93.8 Å². The normalized spacial score (nSPS) is 23.3. The van der Waals surface area contributed by atoms with Crippen LogP contribution in [0.15, 0.2) is 36.4 Å². The number of halogens is 2. The molecular formula is C33H41F2N3O3. The number of carbonyl (C=O) groups excluding carboxylic acids is 3. The molecule has 6 nitrogen and oxygen atoms in total. The summed E-state index contributed by atoms with van der Waals surface area (Å²) < 4.78 is 27.1.